The summed E-state index contributed by atoms with van der Waals surface area (Å²) in [6.45, 7) is 0. The summed E-state index contributed by atoms with van der Waals surface area (Å²) in [6.07, 6.45) is 41.8. The molecule has 0 bridgehead atoms. The van der Waals surface area contributed by atoms with Gasteiger partial charge in [0.2, 0.25) is 0 Å². The maximum atomic E-state index is 3.14. The van der Waals surface area contributed by atoms with Crippen LogP contribution in [0.25, 0.3) is 0 Å². The van der Waals surface area contributed by atoms with Crippen LogP contribution in [-0.2, 0) is 0 Å². The SMILES string of the molecule is C1=CC(N2C3CCC(C4CC[C@@H]5C(C4)C4C=CCCC4N5C4C=CCCC4)CC3[C@@H]3CCCCC32)CCC1. The Kier molecular flexibility index (Phi) is 6.89. The Morgan fingerprint density at radius 2 is 1.03 bits per heavy atom. The molecule has 8 rings (SSSR count). The molecule has 0 spiro atoms. The molecule has 2 heteroatoms. The molecule has 5 fully saturated rings. The summed E-state index contributed by atoms with van der Waals surface area (Å²) >= 11 is 0. The van der Waals surface area contributed by atoms with Crippen molar-refractivity contribution in [2.24, 2.45) is 35.5 Å². The normalized spacial score (nSPS) is 50.8. The van der Waals surface area contributed by atoms with E-state index in [0.29, 0.717) is 0 Å². The Morgan fingerprint density at radius 1 is 0.421 bits per heavy atom. The van der Waals surface area contributed by atoms with E-state index in [2.05, 4.69) is 46.3 Å². The Bertz CT molecular complexity index is 934. The molecule has 2 nitrogen and oxygen atoms in total. The van der Waals surface area contributed by atoms with Crippen molar-refractivity contribution in [3.63, 3.8) is 0 Å². The van der Waals surface area contributed by atoms with Crippen molar-refractivity contribution in [2.75, 3.05) is 0 Å². The third kappa shape index (κ3) is 4.17. The van der Waals surface area contributed by atoms with Crippen LogP contribution >= 0.6 is 0 Å². The molecule has 208 valence electrons. The quantitative estimate of drug-likeness (QED) is 0.350. The van der Waals surface area contributed by atoms with E-state index in [9.17, 15) is 0 Å². The van der Waals surface area contributed by atoms with Crippen molar-refractivity contribution < 1.29 is 0 Å². The van der Waals surface area contributed by atoms with Gasteiger partial charge in [-0.05, 0) is 138 Å². The van der Waals surface area contributed by atoms with Crippen LogP contribution in [0, 0.1) is 35.5 Å². The zero-order valence-electron chi connectivity index (χ0n) is 24.0. The van der Waals surface area contributed by atoms with Crippen LogP contribution in [-0.4, -0.2) is 46.1 Å². The summed E-state index contributed by atoms with van der Waals surface area (Å²) in [4.78, 5) is 6.24. The van der Waals surface area contributed by atoms with Crippen LogP contribution < -0.4 is 0 Å². The molecule has 3 saturated carbocycles. The Balaban J connectivity index is 1.000. The van der Waals surface area contributed by atoms with Gasteiger partial charge in [0, 0.05) is 36.3 Å². The van der Waals surface area contributed by atoms with E-state index in [-0.39, 0.29) is 0 Å². The average Bonchev–Trinajstić information content (AvgIpc) is 3.50. The van der Waals surface area contributed by atoms with Crippen molar-refractivity contribution in [3.8, 4) is 0 Å². The number of nitrogens with zero attached hydrogens (tertiary/aromatic N) is 2. The molecule has 38 heavy (non-hydrogen) atoms. The molecular weight excluding hydrogens is 460 g/mol. The van der Waals surface area contributed by atoms with Gasteiger partial charge in [0.1, 0.15) is 0 Å². The third-order valence-electron chi connectivity index (χ3n) is 13.5. The van der Waals surface area contributed by atoms with Crippen molar-refractivity contribution in [2.45, 2.75) is 152 Å². The minimum absolute atomic E-state index is 0.742. The van der Waals surface area contributed by atoms with E-state index < -0.39 is 0 Å². The molecule has 6 aliphatic carbocycles. The number of rotatable bonds is 3. The first-order valence-electron chi connectivity index (χ1n) is 17.4. The van der Waals surface area contributed by atoms with E-state index in [4.69, 9.17) is 0 Å². The molecule has 0 N–H and O–H groups in total. The van der Waals surface area contributed by atoms with Crippen molar-refractivity contribution in [3.05, 3.63) is 36.5 Å². The van der Waals surface area contributed by atoms with Crippen LogP contribution in [0.5, 0.6) is 0 Å². The maximum Gasteiger partial charge on any atom is 0.0284 e. The molecule has 8 aliphatic rings. The average molecular weight is 515 g/mol. The van der Waals surface area contributed by atoms with Crippen LogP contribution in [0.1, 0.15) is 116 Å². The molecule has 2 saturated heterocycles. The van der Waals surface area contributed by atoms with Gasteiger partial charge in [-0.15, -0.1) is 0 Å². The predicted molar refractivity (Wildman–Crippen MR) is 158 cm³/mol. The van der Waals surface area contributed by atoms with Crippen molar-refractivity contribution in [1.82, 2.24) is 9.80 Å². The Morgan fingerprint density at radius 3 is 1.74 bits per heavy atom. The van der Waals surface area contributed by atoms with Gasteiger partial charge in [-0.2, -0.15) is 0 Å². The van der Waals surface area contributed by atoms with Gasteiger partial charge in [-0.3, -0.25) is 9.80 Å². The fourth-order valence-electron chi connectivity index (χ4n) is 12.1. The summed E-state index contributed by atoms with van der Waals surface area (Å²) < 4.78 is 0. The zero-order valence-corrected chi connectivity index (χ0v) is 24.0. The minimum atomic E-state index is 0.742. The summed E-state index contributed by atoms with van der Waals surface area (Å²) in [5, 5.41) is 0. The van der Waals surface area contributed by atoms with Crippen LogP contribution in [0.3, 0.4) is 0 Å². The predicted octanol–water partition coefficient (Wildman–Crippen LogP) is 8.30. The van der Waals surface area contributed by atoms with Gasteiger partial charge in [0.05, 0.1) is 0 Å². The second-order valence-electron chi connectivity index (χ2n) is 15.0. The first-order valence-corrected chi connectivity index (χ1v) is 17.4. The molecule has 2 heterocycles. The van der Waals surface area contributed by atoms with Crippen LogP contribution in [0.2, 0.25) is 0 Å². The second kappa shape index (κ2) is 10.5. The fourth-order valence-corrected chi connectivity index (χ4v) is 12.1. The van der Waals surface area contributed by atoms with E-state index in [1.165, 1.54) is 96.3 Å². The first-order chi connectivity index (χ1) is 18.9. The third-order valence-corrected chi connectivity index (χ3v) is 13.5. The summed E-state index contributed by atoms with van der Waals surface area (Å²) in [5.41, 5.74) is 0. The molecule has 0 amide bonds. The molecule has 0 aromatic rings. The minimum Gasteiger partial charge on any atom is -0.290 e. The summed E-state index contributed by atoms with van der Waals surface area (Å²) in [7, 11) is 0. The van der Waals surface area contributed by atoms with E-state index in [0.717, 1.165) is 71.8 Å². The highest BCUT2D eigenvalue weighted by Crippen LogP contribution is 2.56. The van der Waals surface area contributed by atoms with Crippen LogP contribution in [0.4, 0.5) is 0 Å². The van der Waals surface area contributed by atoms with Gasteiger partial charge < -0.3 is 0 Å². The smallest absolute Gasteiger partial charge is 0.0284 e. The number of allylic oxidation sites excluding steroid dienone is 3. The van der Waals surface area contributed by atoms with Gasteiger partial charge in [0.15, 0.2) is 0 Å². The number of hydrogen-bond acceptors (Lipinski definition) is 2. The van der Waals surface area contributed by atoms with Crippen molar-refractivity contribution in [1.29, 1.82) is 0 Å². The fraction of sp³-hybridized carbons (Fsp3) is 0.833. The molecule has 0 radical (unpaired) electrons. The molecule has 2 aliphatic heterocycles. The van der Waals surface area contributed by atoms with Gasteiger partial charge in [-0.1, -0.05) is 49.3 Å². The summed E-state index contributed by atoms with van der Waals surface area (Å²) in [6, 6.07) is 5.05. The van der Waals surface area contributed by atoms with Gasteiger partial charge in [0.25, 0.3) is 0 Å². The summed E-state index contributed by atoms with van der Waals surface area (Å²) in [5.74, 6) is 5.87. The highest BCUT2D eigenvalue weighted by molar-refractivity contribution is 5.17. The lowest BCUT2D eigenvalue weighted by Crippen LogP contribution is -2.48. The largest absolute Gasteiger partial charge is 0.290 e. The lowest BCUT2D eigenvalue weighted by atomic mass is 9.62. The van der Waals surface area contributed by atoms with E-state index in [1.54, 1.807) is 19.3 Å². The van der Waals surface area contributed by atoms with Gasteiger partial charge >= 0.3 is 0 Å². The van der Waals surface area contributed by atoms with E-state index in [1.807, 2.05) is 0 Å². The molecule has 0 aromatic heterocycles. The molecule has 12 atom stereocenters. The second-order valence-corrected chi connectivity index (χ2v) is 15.0. The van der Waals surface area contributed by atoms with Gasteiger partial charge in [-0.25, -0.2) is 0 Å². The molecule has 10 unspecified atom stereocenters. The van der Waals surface area contributed by atoms with Crippen LogP contribution in [0.15, 0.2) is 36.5 Å². The highest BCUT2D eigenvalue weighted by Gasteiger charge is 2.56. The number of fused-ring (bicyclic) bond motifs is 6. The number of likely N-dealkylation sites (tertiary alicyclic amines) is 2. The van der Waals surface area contributed by atoms with E-state index >= 15 is 0 Å². The standard InChI is InChI=1S/C36H54N2/c1-3-11-27(12-4-1)37-33-17-9-7-15-29(33)31-23-25(19-21-35(31)37)26-20-22-36-32(24-26)30-16-8-10-18-34(30)38(36)28-13-5-2-6-14-28/h3,5,7,11,13,15,25-36H,1-2,4,6,8-10,12,14,16-24H2/t25?,26?,27?,28?,29?,30-,31?,32?,33?,34?,35+,36?/m0/s1. The number of hydrogen-bond donors (Lipinski definition) is 0. The topological polar surface area (TPSA) is 6.48 Å². The Hall–Kier alpha value is -0.860. The first kappa shape index (κ1) is 24.9. The Labute approximate surface area is 233 Å². The zero-order chi connectivity index (χ0) is 25.1. The van der Waals surface area contributed by atoms with Crippen molar-refractivity contribution >= 4 is 0 Å². The lowest BCUT2D eigenvalue weighted by Gasteiger charge is -2.46. The molecular formula is C36H54N2. The maximum absolute atomic E-state index is 3.14. The highest BCUT2D eigenvalue weighted by atomic mass is 15.3. The molecule has 0 aromatic carbocycles. The monoisotopic (exact) mass is 514 g/mol. The lowest BCUT2D eigenvalue weighted by molar-refractivity contribution is 0.0494.